The van der Waals surface area contributed by atoms with Crippen molar-refractivity contribution in [3.63, 3.8) is 0 Å². The molecule has 2 aromatic rings. The average molecular weight is 285 g/mol. The summed E-state index contributed by atoms with van der Waals surface area (Å²) in [5.74, 6) is 2.06. The van der Waals surface area contributed by atoms with Crippen LogP contribution in [-0.2, 0) is 0 Å². The van der Waals surface area contributed by atoms with Crippen LogP contribution in [0.1, 0.15) is 23.6 Å². The maximum atomic E-state index is 5.46. The lowest BCUT2D eigenvalue weighted by Crippen LogP contribution is -2.16. The van der Waals surface area contributed by atoms with Gasteiger partial charge in [0.2, 0.25) is 0 Å². The highest BCUT2D eigenvalue weighted by Crippen LogP contribution is 2.39. The summed E-state index contributed by atoms with van der Waals surface area (Å²) in [6.07, 6.45) is 1.14. The lowest BCUT2D eigenvalue weighted by molar-refractivity contribution is 0.415. The van der Waals surface area contributed by atoms with Gasteiger partial charge in [-0.2, -0.15) is 0 Å². The van der Waals surface area contributed by atoms with Crippen molar-refractivity contribution < 1.29 is 4.74 Å². The van der Waals surface area contributed by atoms with E-state index in [1.165, 1.54) is 16.0 Å². The van der Waals surface area contributed by atoms with Crippen molar-refractivity contribution in [2.75, 3.05) is 18.2 Å². The second kappa shape index (κ2) is 5.80. The van der Waals surface area contributed by atoms with Crippen LogP contribution in [0.5, 0.6) is 5.75 Å². The maximum absolute atomic E-state index is 5.46. The van der Waals surface area contributed by atoms with Crippen molar-refractivity contribution in [3.8, 4) is 5.75 Å². The summed E-state index contributed by atoms with van der Waals surface area (Å²) < 4.78 is 5.46. The first-order valence-electron chi connectivity index (χ1n) is 6.91. The highest BCUT2D eigenvalue weighted by atomic mass is 32.2. The highest BCUT2D eigenvalue weighted by Gasteiger charge is 2.21. The number of hydrogen-bond acceptors (Lipinski definition) is 3. The van der Waals surface area contributed by atoms with Gasteiger partial charge in [-0.3, -0.25) is 0 Å². The van der Waals surface area contributed by atoms with Crippen LogP contribution in [0.25, 0.3) is 0 Å². The molecule has 2 aromatic carbocycles. The molecule has 0 bridgehead atoms. The predicted molar refractivity (Wildman–Crippen MR) is 85.9 cm³/mol. The Morgan fingerprint density at radius 3 is 2.90 bits per heavy atom. The SMILES string of the molecule is COc1ccc(C)cc1NC1CCSc2ccccc21. The Morgan fingerprint density at radius 2 is 2.05 bits per heavy atom. The van der Waals surface area contributed by atoms with Crippen LogP contribution in [0.2, 0.25) is 0 Å². The summed E-state index contributed by atoms with van der Waals surface area (Å²) in [4.78, 5) is 1.39. The zero-order valence-electron chi connectivity index (χ0n) is 11.8. The minimum Gasteiger partial charge on any atom is -0.495 e. The molecule has 0 fully saturated rings. The zero-order valence-corrected chi connectivity index (χ0v) is 12.7. The zero-order chi connectivity index (χ0) is 13.9. The van der Waals surface area contributed by atoms with Crippen molar-refractivity contribution in [2.45, 2.75) is 24.3 Å². The fourth-order valence-corrected chi connectivity index (χ4v) is 3.74. The van der Waals surface area contributed by atoms with E-state index < -0.39 is 0 Å². The van der Waals surface area contributed by atoms with E-state index in [-0.39, 0.29) is 0 Å². The van der Waals surface area contributed by atoms with Gasteiger partial charge in [-0.05, 0) is 42.7 Å². The molecular weight excluding hydrogens is 266 g/mol. The van der Waals surface area contributed by atoms with Crippen molar-refractivity contribution >= 4 is 17.4 Å². The molecule has 1 atom stereocenters. The van der Waals surface area contributed by atoms with E-state index in [2.05, 4.69) is 48.6 Å². The number of hydrogen-bond donors (Lipinski definition) is 1. The first-order chi connectivity index (χ1) is 9.78. The molecule has 0 amide bonds. The van der Waals surface area contributed by atoms with Crippen LogP contribution in [0, 0.1) is 6.92 Å². The number of rotatable bonds is 3. The Kier molecular flexibility index (Phi) is 3.88. The van der Waals surface area contributed by atoms with Crippen molar-refractivity contribution in [1.82, 2.24) is 0 Å². The number of benzene rings is 2. The van der Waals surface area contributed by atoms with E-state index in [9.17, 15) is 0 Å². The predicted octanol–water partition coefficient (Wildman–Crippen LogP) is 4.65. The Hall–Kier alpha value is -1.61. The number of fused-ring (bicyclic) bond motifs is 1. The summed E-state index contributed by atoms with van der Waals surface area (Å²) in [6, 6.07) is 15.3. The maximum Gasteiger partial charge on any atom is 0.141 e. The van der Waals surface area contributed by atoms with Gasteiger partial charge in [-0.1, -0.05) is 24.3 Å². The molecule has 0 spiro atoms. The lowest BCUT2D eigenvalue weighted by Gasteiger charge is -2.27. The van der Waals surface area contributed by atoms with E-state index >= 15 is 0 Å². The number of ether oxygens (including phenoxy) is 1. The van der Waals surface area contributed by atoms with Crippen LogP contribution in [-0.4, -0.2) is 12.9 Å². The summed E-state index contributed by atoms with van der Waals surface area (Å²) in [7, 11) is 1.72. The van der Waals surface area contributed by atoms with Gasteiger partial charge in [-0.15, -0.1) is 11.8 Å². The first kappa shape index (κ1) is 13.4. The molecule has 104 valence electrons. The lowest BCUT2D eigenvalue weighted by atomic mass is 10.0. The molecule has 20 heavy (non-hydrogen) atoms. The third kappa shape index (κ3) is 2.63. The van der Waals surface area contributed by atoms with E-state index in [0.29, 0.717) is 6.04 Å². The number of nitrogens with one attached hydrogen (secondary N) is 1. The summed E-state index contributed by atoms with van der Waals surface area (Å²) in [6.45, 7) is 2.11. The largest absolute Gasteiger partial charge is 0.495 e. The van der Waals surface area contributed by atoms with Gasteiger partial charge >= 0.3 is 0 Å². The Labute approximate surface area is 124 Å². The van der Waals surface area contributed by atoms with Gasteiger partial charge in [-0.25, -0.2) is 0 Å². The number of anilines is 1. The second-order valence-corrected chi connectivity index (χ2v) is 6.21. The molecule has 2 nitrogen and oxygen atoms in total. The van der Waals surface area contributed by atoms with Gasteiger partial charge in [0.25, 0.3) is 0 Å². The van der Waals surface area contributed by atoms with Crippen molar-refractivity contribution in [3.05, 3.63) is 53.6 Å². The minimum atomic E-state index is 0.364. The van der Waals surface area contributed by atoms with Gasteiger partial charge in [0.1, 0.15) is 5.75 Å². The average Bonchev–Trinajstić information content (AvgIpc) is 2.48. The van der Waals surface area contributed by atoms with E-state index in [1.54, 1.807) is 7.11 Å². The fourth-order valence-electron chi connectivity index (χ4n) is 2.61. The van der Waals surface area contributed by atoms with Crippen molar-refractivity contribution in [2.24, 2.45) is 0 Å². The molecule has 0 saturated heterocycles. The van der Waals surface area contributed by atoms with Crippen LogP contribution in [0.4, 0.5) is 5.69 Å². The summed E-state index contributed by atoms with van der Waals surface area (Å²) in [5, 5.41) is 3.66. The van der Waals surface area contributed by atoms with Crippen LogP contribution < -0.4 is 10.1 Å². The monoisotopic (exact) mass is 285 g/mol. The minimum absolute atomic E-state index is 0.364. The second-order valence-electron chi connectivity index (χ2n) is 5.08. The van der Waals surface area contributed by atoms with Crippen molar-refractivity contribution in [1.29, 1.82) is 0 Å². The number of thioether (sulfide) groups is 1. The van der Waals surface area contributed by atoms with Gasteiger partial charge in [0, 0.05) is 10.6 Å². The molecule has 1 aliphatic rings. The highest BCUT2D eigenvalue weighted by molar-refractivity contribution is 7.99. The molecule has 1 aliphatic heterocycles. The van der Waals surface area contributed by atoms with E-state index in [4.69, 9.17) is 4.74 Å². The molecule has 0 aromatic heterocycles. The Balaban J connectivity index is 1.91. The molecule has 0 aliphatic carbocycles. The fraction of sp³-hybridized carbons (Fsp3) is 0.294. The molecule has 0 radical (unpaired) electrons. The Bertz CT molecular complexity index is 612. The van der Waals surface area contributed by atoms with Gasteiger partial charge < -0.3 is 10.1 Å². The van der Waals surface area contributed by atoms with Gasteiger partial charge in [0.05, 0.1) is 18.8 Å². The third-order valence-corrected chi connectivity index (χ3v) is 4.77. The van der Waals surface area contributed by atoms with E-state index in [0.717, 1.165) is 23.6 Å². The van der Waals surface area contributed by atoms with Gasteiger partial charge in [0.15, 0.2) is 0 Å². The number of methoxy groups -OCH3 is 1. The summed E-state index contributed by atoms with van der Waals surface area (Å²) in [5.41, 5.74) is 3.72. The molecule has 1 heterocycles. The standard InChI is InChI=1S/C17H19NOS/c1-12-7-8-16(19-2)15(11-12)18-14-9-10-20-17-6-4-3-5-13(14)17/h3-8,11,14,18H,9-10H2,1-2H3. The molecule has 1 unspecified atom stereocenters. The smallest absolute Gasteiger partial charge is 0.141 e. The van der Waals surface area contributed by atoms with E-state index in [1.807, 2.05) is 17.8 Å². The molecule has 3 heteroatoms. The normalized spacial score (nSPS) is 17.4. The first-order valence-corrected chi connectivity index (χ1v) is 7.89. The third-order valence-electron chi connectivity index (χ3n) is 3.64. The summed E-state index contributed by atoms with van der Waals surface area (Å²) >= 11 is 1.94. The molecule has 0 saturated carbocycles. The topological polar surface area (TPSA) is 21.3 Å². The van der Waals surface area contributed by atoms with Crippen LogP contribution in [0.3, 0.4) is 0 Å². The molecule has 3 rings (SSSR count). The van der Waals surface area contributed by atoms with Crippen LogP contribution >= 0.6 is 11.8 Å². The number of aryl methyl sites for hydroxylation is 1. The Morgan fingerprint density at radius 1 is 1.20 bits per heavy atom. The molecule has 1 N–H and O–H groups in total. The quantitative estimate of drug-likeness (QED) is 0.886. The molecular formula is C17H19NOS. The van der Waals surface area contributed by atoms with Crippen LogP contribution in [0.15, 0.2) is 47.4 Å².